The van der Waals surface area contributed by atoms with Crippen molar-refractivity contribution in [3.63, 3.8) is 0 Å². The van der Waals surface area contributed by atoms with Crippen molar-refractivity contribution in [2.45, 2.75) is 63.6 Å². The maximum absolute atomic E-state index is 4.11. The van der Waals surface area contributed by atoms with Gasteiger partial charge in [0, 0.05) is 37.1 Å². The average molecular weight is 278 g/mol. The second kappa shape index (κ2) is 7.23. The maximum Gasteiger partial charge on any atom is 0.0946 e. The standard InChI is InChI=1S/C16H30N4/c1-15(12-20-11-10-17-14-20)18-13-16(19(2)3)8-6-4-5-7-9-16/h10-11,14-15,18H,4-9,12-13H2,1-3H3/t15-/m0/s1. The molecule has 1 heterocycles. The highest BCUT2D eigenvalue weighted by atomic mass is 15.2. The second-order valence-electron chi connectivity index (χ2n) is 6.57. The van der Waals surface area contributed by atoms with Crippen molar-refractivity contribution in [1.82, 2.24) is 19.8 Å². The topological polar surface area (TPSA) is 33.1 Å². The molecule has 0 aliphatic heterocycles. The lowest BCUT2D eigenvalue weighted by atomic mass is 9.88. The molecule has 20 heavy (non-hydrogen) atoms. The highest BCUT2D eigenvalue weighted by molar-refractivity contribution is 4.92. The number of nitrogens with zero attached hydrogens (tertiary/aromatic N) is 3. The van der Waals surface area contributed by atoms with E-state index in [1.54, 1.807) is 0 Å². The zero-order valence-electron chi connectivity index (χ0n) is 13.3. The summed E-state index contributed by atoms with van der Waals surface area (Å²) in [5.74, 6) is 0. The summed E-state index contributed by atoms with van der Waals surface area (Å²) in [5, 5.41) is 3.75. The van der Waals surface area contributed by atoms with Gasteiger partial charge >= 0.3 is 0 Å². The number of aromatic nitrogens is 2. The predicted molar refractivity (Wildman–Crippen MR) is 83.8 cm³/mol. The summed E-state index contributed by atoms with van der Waals surface area (Å²) in [6.07, 6.45) is 14.0. The molecule has 114 valence electrons. The smallest absolute Gasteiger partial charge is 0.0946 e. The third-order valence-electron chi connectivity index (χ3n) is 4.81. The van der Waals surface area contributed by atoms with E-state index in [1.807, 2.05) is 18.7 Å². The molecule has 0 unspecified atom stereocenters. The van der Waals surface area contributed by atoms with Gasteiger partial charge in [0.15, 0.2) is 0 Å². The number of rotatable bonds is 6. The van der Waals surface area contributed by atoms with Crippen LogP contribution in [0.4, 0.5) is 0 Å². The van der Waals surface area contributed by atoms with Crippen molar-refractivity contribution < 1.29 is 0 Å². The van der Waals surface area contributed by atoms with Crippen LogP contribution >= 0.6 is 0 Å². The first-order chi connectivity index (χ1) is 9.62. The molecule has 4 nitrogen and oxygen atoms in total. The molecule has 1 saturated carbocycles. The van der Waals surface area contributed by atoms with Crippen LogP contribution in [0.5, 0.6) is 0 Å². The molecule has 0 saturated heterocycles. The monoisotopic (exact) mass is 278 g/mol. The van der Waals surface area contributed by atoms with Gasteiger partial charge in [-0.25, -0.2) is 4.98 Å². The summed E-state index contributed by atoms with van der Waals surface area (Å²) < 4.78 is 2.15. The number of likely N-dealkylation sites (N-methyl/N-ethyl adjacent to an activating group) is 1. The van der Waals surface area contributed by atoms with Crippen molar-refractivity contribution in [1.29, 1.82) is 0 Å². The summed E-state index contributed by atoms with van der Waals surface area (Å²) in [6, 6.07) is 0.476. The van der Waals surface area contributed by atoms with Gasteiger partial charge < -0.3 is 14.8 Å². The first-order valence-electron chi connectivity index (χ1n) is 7.99. The van der Waals surface area contributed by atoms with Gasteiger partial charge in [-0.1, -0.05) is 25.7 Å². The first kappa shape index (κ1) is 15.5. The van der Waals surface area contributed by atoms with Gasteiger partial charge in [-0.15, -0.1) is 0 Å². The van der Waals surface area contributed by atoms with Gasteiger partial charge in [0.05, 0.1) is 6.33 Å². The van der Waals surface area contributed by atoms with Gasteiger partial charge in [0.25, 0.3) is 0 Å². The van der Waals surface area contributed by atoms with Crippen molar-refractivity contribution in [2.75, 3.05) is 20.6 Å². The van der Waals surface area contributed by atoms with Crippen LogP contribution in [-0.2, 0) is 6.54 Å². The molecule has 1 atom stereocenters. The molecule has 1 fully saturated rings. The first-order valence-corrected chi connectivity index (χ1v) is 7.99. The fourth-order valence-electron chi connectivity index (χ4n) is 3.31. The van der Waals surface area contributed by atoms with E-state index in [2.05, 4.69) is 40.8 Å². The van der Waals surface area contributed by atoms with E-state index < -0.39 is 0 Å². The highest BCUT2D eigenvalue weighted by Crippen LogP contribution is 2.30. The summed E-state index contributed by atoms with van der Waals surface area (Å²) in [6.45, 7) is 4.35. The Hall–Kier alpha value is -0.870. The maximum atomic E-state index is 4.11. The van der Waals surface area contributed by atoms with Crippen molar-refractivity contribution in [3.8, 4) is 0 Å². The highest BCUT2D eigenvalue weighted by Gasteiger charge is 2.33. The molecule has 0 spiro atoms. The Labute approximate surface area is 123 Å². The SMILES string of the molecule is C[C@@H](Cn1ccnc1)NCC1(N(C)C)CCCCCC1. The number of imidazole rings is 1. The van der Waals surface area contributed by atoms with Crippen molar-refractivity contribution in [2.24, 2.45) is 0 Å². The van der Waals surface area contributed by atoms with E-state index in [0.717, 1.165) is 13.1 Å². The fraction of sp³-hybridized carbons (Fsp3) is 0.812. The van der Waals surface area contributed by atoms with Crippen LogP contribution in [0.2, 0.25) is 0 Å². The number of nitrogens with one attached hydrogen (secondary N) is 1. The molecule has 1 aromatic heterocycles. The van der Waals surface area contributed by atoms with Gasteiger partial charge in [-0.2, -0.15) is 0 Å². The molecule has 4 heteroatoms. The Morgan fingerprint density at radius 3 is 2.50 bits per heavy atom. The number of hydrogen-bond acceptors (Lipinski definition) is 3. The van der Waals surface area contributed by atoms with Crippen LogP contribution in [0.1, 0.15) is 45.4 Å². The quantitative estimate of drug-likeness (QED) is 0.812. The molecule has 0 bridgehead atoms. The molecule has 1 N–H and O–H groups in total. The van der Waals surface area contributed by atoms with Gasteiger partial charge in [0.1, 0.15) is 0 Å². The molecule has 1 aliphatic carbocycles. The normalized spacial score (nSPS) is 20.8. The minimum absolute atomic E-state index is 0.347. The minimum atomic E-state index is 0.347. The Morgan fingerprint density at radius 1 is 1.25 bits per heavy atom. The largest absolute Gasteiger partial charge is 0.336 e. The minimum Gasteiger partial charge on any atom is -0.336 e. The average Bonchev–Trinajstić information content (AvgIpc) is 2.79. The predicted octanol–water partition coefficient (Wildman–Crippen LogP) is 2.52. The van der Waals surface area contributed by atoms with Gasteiger partial charge in [-0.05, 0) is 33.9 Å². The van der Waals surface area contributed by atoms with E-state index in [4.69, 9.17) is 0 Å². The van der Waals surface area contributed by atoms with E-state index in [0.29, 0.717) is 11.6 Å². The lowest BCUT2D eigenvalue weighted by Gasteiger charge is -2.40. The zero-order valence-corrected chi connectivity index (χ0v) is 13.3. The van der Waals surface area contributed by atoms with Gasteiger partial charge in [-0.3, -0.25) is 0 Å². The summed E-state index contributed by atoms with van der Waals surface area (Å²) in [4.78, 5) is 6.56. The zero-order chi connectivity index (χ0) is 14.4. The fourth-order valence-corrected chi connectivity index (χ4v) is 3.31. The molecule has 0 radical (unpaired) electrons. The van der Waals surface area contributed by atoms with Crippen LogP contribution in [0, 0.1) is 0 Å². The molecule has 1 aromatic rings. The lowest BCUT2D eigenvalue weighted by Crippen LogP contribution is -2.53. The third kappa shape index (κ3) is 4.06. The van der Waals surface area contributed by atoms with Crippen LogP contribution in [-0.4, -0.2) is 46.7 Å². The second-order valence-corrected chi connectivity index (χ2v) is 6.57. The summed E-state index contributed by atoms with van der Waals surface area (Å²) in [5.41, 5.74) is 0.347. The van der Waals surface area contributed by atoms with Crippen LogP contribution in [0.15, 0.2) is 18.7 Å². The van der Waals surface area contributed by atoms with E-state index in [-0.39, 0.29) is 0 Å². The number of hydrogen-bond donors (Lipinski definition) is 1. The van der Waals surface area contributed by atoms with Crippen LogP contribution in [0.3, 0.4) is 0 Å². The molecule has 1 aliphatic rings. The Bertz CT molecular complexity index is 364. The lowest BCUT2D eigenvalue weighted by molar-refractivity contribution is 0.122. The molecular formula is C16H30N4. The molecule has 0 aromatic carbocycles. The Kier molecular flexibility index (Phi) is 5.61. The molecule has 0 amide bonds. The van der Waals surface area contributed by atoms with Crippen molar-refractivity contribution >= 4 is 0 Å². The molecular weight excluding hydrogens is 248 g/mol. The molecule has 2 rings (SSSR count). The van der Waals surface area contributed by atoms with Gasteiger partial charge in [0.2, 0.25) is 0 Å². The van der Waals surface area contributed by atoms with E-state index in [1.165, 1.54) is 38.5 Å². The van der Waals surface area contributed by atoms with Crippen molar-refractivity contribution in [3.05, 3.63) is 18.7 Å². The van der Waals surface area contributed by atoms with E-state index >= 15 is 0 Å². The Morgan fingerprint density at radius 2 is 1.95 bits per heavy atom. The Balaban J connectivity index is 1.88. The van der Waals surface area contributed by atoms with Crippen LogP contribution in [0.25, 0.3) is 0 Å². The third-order valence-corrected chi connectivity index (χ3v) is 4.81. The summed E-state index contributed by atoms with van der Waals surface area (Å²) in [7, 11) is 4.49. The van der Waals surface area contributed by atoms with Crippen LogP contribution < -0.4 is 5.32 Å². The van der Waals surface area contributed by atoms with E-state index in [9.17, 15) is 0 Å². The summed E-state index contributed by atoms with van der Waals surface area (Å²) >= 11 is 0.